The molecule has 2 N–H and O–H groups in total. The Morgan fingerprint density at radius 1 is 1.53 bits per heavy atom. The minimum absolute atomic E-state index is 0.189. The predicted octanol–water partition coefficient (Wildman–Crippen LogP) is 1.96. The maximum absolute atomic E-state index is 5.72. The summed E-state index contributed by atoms with van der Waals surface area (Å²) in [6.45, 7) is 3.28. The van der Waals surface area contributed by atoms with Crippen LogP contribution in [0.4, 0.5) is 0 Å². The van der Waals surface area contributed by atoms with E-state index in [0.717, 1.165) is 22.2 Å². The molecule has 0 fully saturated rings. The first-order valence-electron chi connectivity index (χ1n) is 5.81. The van der Waals surface area contributed by atoms with Gasteiger partial charge >= 0.3 is 0 Å². The van der Waals surface area contributed by atoms with Crippen molar-refractivity contribution in [1.82, 2.24) is 9.78 Å². The van der Waals surface area contributed by atoms with E-state index in [9.17, 15) is 0 Å². The molecule has 0 aliphatic carbocycles. The van der Waals surface area contributed by atoms with Crippen molar-refractivity contribution in [2.24, 2.45) is 5.73 Å². The van der Waals surface area contributed by atoms with Crippen molar-refractivity contribution >= 4 is 17.0 Å². The number of benzene rings is 1. The van der Waals surface area contributed by atoms with Crippen LogP contribution >= 0.6 is 0 Å². The second kappa shape index (κ2) is 3.89. The summed E-state index contributed by atoms with van der Waals surface area (Å²) in [5.74, 6) is 0.922. The van der Waals surface area contributed by atoms with Gasteiger partial charge in [-0.05, 0) is 31.2 Å². The molecule has 0 saturated carbocycles. The smallest absolute Gasteiger partial charge is 0.129 e. The lowest BCUT2D eigenvalue weighted by Gasteiger charge is -2.16. The molecule has 0 radical (unpaired) electrons. The first-order valence-corrected chi connectivity index (χ1v) is 5.81. The van der Waals surface area contributed by atoms with Gasteiger partial charge in [-0.15, -0.1) is 0 Å². The van der Waals surface area contributed by atoms with Gasteiger partial charge < -0.3 is 10.5 Å². The van der Waals surface area contributed by atoms with Crippen LogP contribution in [0.2, 0.25) is 0 Å². The Labute approximate surface area is 99.7 Å². The minimum atomic E-state index is 0.189. The molecule has 0 bridgehead atoms. The van der Waals surface area contributed by atoms with E-state index in [0.29, 0.717) is 13.2 Å². The average Bonchev–Trinajstić information content (AvgIpc) is 2.82. The molecule has 0 spiro atoms. The van der Waals surface area contributed by atoms with Gasteiger partial charge in [-0.2, -0.15) is 5.10 Å². The zero-order chi connectivity index (χ0) is 11.8. The molecule has 0 amide bonds. The van der Waals surface area contributed by atoms with Gasteiger partial charge in [0.05, 0.1) is 17.8 Å². The topological polar surface area (TPSA) is 53.1 Å². The molecule has 4 heteroatoms. The predicted molar refractivity (Wildman–Crippen MR) is 68.0 cm³/mol. The third-order valence-electron chi connectivity index (χ3n) is 3.14. The lowest BCUT2D eigenvalue weighted by Crippen LogP contribution is -2.17. The van der Waals surface area contributed by atoms with Gasteiger partial charge in [0.25, 0.3) is 0 Å². The molecule has 2 heterocycles. The van der Waals surface area contributed by atoms with Gasteiger partial charge in [-0.25, -0.2) is 0 Å². The number of hydrogen-bond acceptors (Lipinski definition) is 3. The van der Waals surface area contributed by atoms with Crippen molar-refractivity contribution in [2.45, 2.75) is 13.0 Å². The van der Waals surface area contributed by atoms with Crippen molar-refractivity contribution in [3.8, 4) is 5.75 Å². The van der Waals surface area contributed by atoms with Gasteiger partial charge in [0.1, 0.15) is 12.4 Å². The van der Waals surface area contributed by atoms with Crippen LogP contribution in [0.25, 0.3) is 17.0 Å². The number of hydrogen-bond donors (Lipinski definition) is 1. The molecule has 0 saturated heterocycles. The highest BCUT2D eigenvalue weighted by Gasteiger charge is 2.16. The second-order valence-corrected chi connectivity index (χ2v) is 4.30. The van der Waals surface area contributed by atoms with E-state index < -0.39 is 0 Å². The standard InChI is InChI=1S/C13H15N3O/c1-9(7-14)16-13-10(8-15-16)4-5-12-11(13)3-2-6-17-12/h2-5,8-9H,6-7,14H2,1H3/t9-/m0/s1. The molecule has 1 atom stereocenters. The van der Waals surface area contributed by atoms with E-state index in [1.807, 2.05) is 29.1 Å². The fourth-order valence-corrected chi connectivity index (χ4v) is 2.17. The van der Waals surface area contributed by atoms with Crippen LogP contribution in [0, 0.1) is 0 Å². The molecular formula is C13H15N3O. The zero-order valence-corrected chi connectivity index (χ0v) is 9.76. The second-order valence-electron chi connectivity index (χ2n) is 4.30. The van der Waals surface area contributed by atoms with Crippen LogP contribution in [0.15, 0.2) is 24.4 Å². The normalized spacial score (nSPS) is 15.6. The quantitative estimate of drug-likeness (QED) is 0.856. The molecule has 3 rings (SSSR count). The van der Waals surface area contributed by atoms with Crippen molar-refractivity contribution in [3.63, 3.8) is 0 Å². The monoisotopic (exact) mass is 229 g/mol. The lowest BCUT2D eigenvalue weighted by atomic mass is 10.1. The fraction of sp³-hybridized carbons (Fsp3) is 0.308. The Balaban J connectivity index is 2.30. The Kier molecular flexibility index (Phi) is 2.37. The molecule has 4 nitrogen and oxygen atoms in total. The van der Waals surface area contributed by atoms with Gasteiger partial charge in [-0.3, -0.25) is 4.68 Å². The third kappa shape index (κ3) is 1.52. The van der Waals surface area contributed by atoms with E-state index in [4.69, 9.17) is 10.5 Å². The average molecular weight is 229 g/mol. The number of aromatic nitrogens is 2. The Bertz CT molecular complexity index is 586. The molecule has 17 heavy (non-hydrogen) atoms. The molecule has 1 aliphatic rings. The summed E-state index contributed by atoms with van der Waals surface area (Å²) < 4.78 is 7.59. The summed E-state index contributed by atoms with van der Waals surface area (Å²) in [4.78, 5) is 0. The van der Waals surface area contributed by atoms with E-state index in [1.54, 1.807) is 0 Å². The van der Waals surface area contributed by atoms with Crippen LogP contribution < -0.4 is 10.5 Å². The first-order chi connectivity index (χ1) is 8.31. The number of fused-ring (bicyclic) bond motifs is 3. The number of nitrogens with zero attached hydrogens (tertiary/aromatic N) is 2. The van der Waals surface area contributed by atoms with Crippen LogP contribution in [-0.2, 0) is 0 Å². The van der Waals surface area contributed by atoms with E-state index >= 15 is 0 Å². The molecule has 88 valence electrons. The number of ether oxygens (including phenoxy) is 1. The van der Waals surface area contributed by atoms with Crippen molar-refractivity contribution in [2.75, 3.05) is 13.2 Å². The van der Waals surface area contributed by atoms with E-state index in [-0.39, 0.29) is 6.04 Å². The maximum Gasteiger partial charge on any atom is 0.129 e. The summed E-state index contributed by atoms with van der Waals surface area (Å²) in [7, 11) is 0. The Hall–Kier alpha value is -1.81. The summed E-state index contributed by atoms with van der Waals surface area (Å²) >= 11 is 0. The summed E-state index contributed by atoms with van der Waals surface area (Å²) in [5, 5.41) is 5.55. The summed E-state index contributed by atoms with van der Waals surface area (Å²) in [6.07, 6.45) is 6.00. The largest absolute Gasteiger partial charge is 0.489 e. The molecule has 1 aliphatic heterocycles. The van der Waals surface area contributed by atoms with Crippen molar-refractivity contribution in [1.29, 1.82) is 0 Å². The summed E-state index contributed by atoms with van der Waals surface area (Å²) in [6, 6.07) is 4.23. The number of nitrogens with two attached hydrogens (primary N) is 1. The number of rotatable bonds is 2. The molecule has 1 aromatic carbocycles. The SMILES string of the molecule is C[C@@H](CN)n1ncc2ccc3c(c21)C=CCO3. The maximum atomic E-state index is 5.72. The van der Waals surface area contributed by atoms with Gasteiger partial charge in [-0.1, -0.05) is 0 Å². The highest BCUT2D eigenvalue weighted by Crippen LogP contribution is 2.32. The van der Waals surface area contributed by atoms with Crippen molar-refractivity contribution < 1.29 is 4.74 Å². The Morgan fingerprint density at radius 3 is 3.24 bits per heavy atom. The molecular weight excluding hydrogens is 214 g/mol. The minimum Gasteiger partial charge on any atom is -0.489 e. The zero-order valence-electron chi connectivity index (χ0n) is 9.76. The first kappa shape index (κ1) is 10.4. The van der Waals surface area contributed by atoms with E-state index in [1.165, 1.54) is 0 Å². The van der Waals surface area contributed by atoms with Gasteiger partial charge in [0, 0.05) is 17.5 Å². The van der Waals surface area contributed by atoms with Crippen LogP contribution in [0.1, 0.15) is 18.5 Å². The lowest BCUT2D eigenvalue weighted by molar-refractivity contribution is 0.359. The third-order valence-corrected chi connectivity index (χ3v) is 3.14. The highest BCUT2D eigenvalue weighted by molar-refractivity contribution is 5.90. The molecule has 2 aromatic rings. The molecule has 0 unspecified atom stereocenters. The summed E-state index contributed by atoms with van der Waals surface area (Å²) in [5.41, 5.74) is 7.93. The van der Waals surface area contributed by atoms with Gasteiger partial charge in [0.2, 0.25) is 0 Å². The fourth-order valence-electron chi connectivity index (χ4n) is 2.17. The van der Waals surface area contributed by atoms with Crippen molar-refractivity contribution in [3.05, 3.63) is 30.0 Å². The van der Waals surface area contributed by atoms with Crippen LogP contribution in [0.3, 0.4) is 0 Å². The Morgan fingerprint density at radius 2 is 2.41 bits per heavy atom. The van der Waals surface area contributed by atoms with Crippen LogP contribution in [0.5, 0.6) is 5.75 Å². The van der Waals surface area contributed by atoms with E-state index in [2.05, 4.69) is 18.1 Å². The van der Waals surface area contributed by atoms with Gasteiger partial charge in [0.15, 0.2) is 0 Å². The highest BCUT2D eigenvalue weighted by atomic mass is 16.5. The molecule has 1 aromatic heterocycles. The van der Waals surface area contributed by atoms with Crippen LogP contribution in [-0.4, -0.2) is 22.9 Å².